The van der Waals surface area contributed by atoms with E-state index in [0.717, 1.165) is 37.6 Å². The lowest BCUT2D eigenvalue weighted by Gasteiger charge is -2.37. The van der Waals surface area contributed by atoms with Gasteiger partial charge in [-0.25, -0.2) is 0 Å². The SMILES string of the molecule is COc1cccc(N2CCN(C(=O)C(C)C(C)N)CC2)c1.Cl.Cl. The third kappa shape index (κ3) is 5.44. The number of ether oxygens (including phenoxy) is 1. The van der Waals surface area contributed by atoms with Crippen molar-refractivity contribution in [3.63, 3.8) is 0 Å². The number of piperazine rings is 1. The fourth-order valence-electron chi connectivity index (χ4n) is 2.51. The van der Waals surface area contributed by atoms with Crippen molar-refractivity contribution in [3.8, 4) is 5.75 Å². The van der Waals surface area contributed by atoms with E-state index in [1.807, 2.05) is 36.9 Å². The topological polar surface area (TPSA) is 58.8 Å². The molecule has 132 valence electrons. The largest absolute Gasteiger partial charge is 0.497 e. The van der Waals surface area contributed by atoms with Gasteiger partial charge >= 0.3 is 0 Å². The molecule has 1 heterocycles. The van der Waals surface area contributed by atoms with E-state index in [9.17, 15) is 4.79 Å². The Bertz CT molecular complexity index is 492. The Morgan fingerprint density at radius 3 is 2.30 bits per heavy atom. The molecule has 5 nitrogen and oxygen atoms in total. The van der Waals surface area contributed by atoms with Gasteiger partial charge in [0, 0.05) is 44.0 Å². The maximum Gasteiger partial charge on any atom is 0.227 e. The monoisotopic (exact) mass is 363 g/mol. The molecule has 0 spiro atoms. The number of methoxy groups -OCH3 is 1. The van der Waals surface area contributed by atoms with Crippen molar-refractivity contribution < 1.29 is 9.53 Å². The summed E-state index contributed by atoms with van der Waals surface area (Å²) in [6.45, 7) is 6.95. The molecular weight excluding hydrogens is 337 g/mol. The lowest BCUT2D eigenvalue weighted by molar-refractivity contribution is -0.135. The van der Waals surface area contributed by atoms with Crippen molar-refractivity contribution in [1.29, 1.82) is 0 Å². The van der Waals surface area contributed by atoms with Gasteiger partial charge in [0.2, 0.25) is 5.91 Å². The first-order valence-corrected chi connectivity index (χ1v) is 7.46. The summed E-state index contributed by atoms with van der Waals surface area (Å²) in [6, 6.07) is 7.93. The lowest BCUT2D eigenvalue weighted by atomic mass is 10.0. The van der Waals surface area contributed by atoms with Crippen LogP contribution in [0.5, 0.6) is 5.75 Å². The molecule has 7 heteroatoms. The first kappa shape index (κ1) is 21.8. The Labute approximate surface area is 151 Å². The number of halogens is 2. The van der Waals surface area contributed by atoms with E-state index in [0.29, 0.717) is 0 Å². The van der Waals surface area contributed by atoms with E-state index >= 15 is 0 Å². The van der Waals surface area contributed by atoms with Crippen LogP contribution in [0.25, 0.3) is 0 Å². The molecule has 2 N–H and O–H groups in total. The minimum Gasteiger partial charge on any atom is -0.497 e. The average molecular weight is 364 g/mol. The maximum absolute atomic E-state index is 12.3. The molecule has 0 aliphatic carbocycles. The summed E-state index contributed by atoms with van der Waals surface area (Å²) in [4.78, 5) is 16.5. The molecule has 23 heavy (non-hydrogen) atoms. The summed E-state index contributed by atoms with van der Waals surface area (Å²) >= 11 is 0. The molecule has 2 rings (SSSR count). The summed E-state index contributed by atoms with van der Waals surface area (Å²) in [5.74, 6) is 0.903. The lowest BCUT2D eigenvalue weighted by Crippen LogP contribution is -2.52. The highest BCUT2D eigenvalue weighted by molar-refractivity contribution is 5.85. The van der Waals surface area contributed by atoms with Crippen molar-refractivity contribution in [1.82, 2.24) is 4.90 Å². The van der Waals surface area contributed by atoms with Crippen LogP contribution in [-0.4, -0.2) is 50.1 Å². The number of amides is 1. The second-order valence-corrected chi connectivity index (χ2v) is 5.66. The summed E-state index contributed by atoms with van der Waals surface area (Å²) in [5.41, 5.74) is 6.96. The molecule has 1 amide bonds. The zero-order valence-corrected chi connectivity index (χ0v) is 15.5. The Kier molecular flexibility index (Phi) is 9.35. The van der Waals surface area contributed by atoms with Gasteiger partial charge in [-0.2, -0.15) is 0 Å². The molecule has 0 radical (unpaired) electrons. The van der Waals surface area contributed by atoms with Crippen LogP contribution in [0, 0.1) is 5.92 Å². The van der Waals surface area contributed by atoms with Gasteiger partial charge in [0.1, 0.15) is 5.75 Å². The predicted octanol–water partition coefficient (Wildman–Crippen LogP) is 2.17. The number of rotatable bonds is 4. The van der Waals surface area contributed by atoms with Gasteiger partial charge in [0.25, 0.3) is 0 Å². The quantitative estimate of drug-likeness (QED) is 0.890. The highest BCUT2D eigenvalue weighted by atomic mass is 35.5. The number of carbonyl (C=O) groups is 1. The van der Waals surface area contributed by atoms with Gasteiger partial charge in [0.15, 0.2) is 0 Å². The number of nitrogens with zero attached hydrogens (tertiary/aromatic N) is 2. The number of hydrogen-bond acceptors (Lipinski definition) is 4. The van der Waals surface area contributed by atoms with E-state index < -0.39 is 0 Å². The second-order valence-electron chi connectivity index (χ2n) is 5.66. The number of anilines is 1. The molecule has 0 aromatic heterocycles. The molecule has 1 aliphatic rings. The average Bonchev–Trinajstić information content (AvgIpc) is 2.53. The maximum atomic E-state index is 12.3. The van der Waals surface area contributed by atoms with Gasteiger partial charge in [-0.1, -0.05) is 13.0 Å². The standard InChI is InChI=1S/C16H25N3O2.2ClH/c1-12(13(2)17)16(20)19-9-7-18(8-10-19)14-5-4-6-15(11-14)21-3;;/h4-6,11-13H,7-10,17H2,1-3H3;2*1H. The molecule has 1 fully saturated rings. The number of nitrogens with two attached hydrogens (primary N) is 1. The minimum atomic E-state index is -0.117. The molecule has 1 aromatic rings. The van der Waals surface area contributed by atoms with Crippen LogP contribution in [0.15, 0.2) is 24.3 Å². The zero-order chi connectivity index (χ0) is 15.4. The Hall–Kier alpha value is -1.17. The second kappa shape index (κ2) is 9.85. The van der Waals surface area contributed by atoms with Gasteiger partial charge in [-0.05, 0) is 19.1 Å². The van der Waals surface area contributed by atoms with Crippen LogP contribution in [0.3, 0.4) is 0 Å². The first-order valence-electron chi connectivity index (χ1n) is 7.46. The van der Waals surface area contributed by atoms with Crippen molar-refractivity contribution in [3.05, 3.63) is 24.3 Å². The minimum absolute atomic E-state index is 0. The van der Waals surface area contributed by atoms with Crippen LogP contribution >= 0.6 is 24.8 Å². The van der Waals surface area contributed by atoms with E-state index in [1.165, 1.54) is 0 Å². The van der Waals surface area contributed by atoms with Crippen LogP contribution in [0.2, 0.25) is 0 Å². The fraction of sp³-hybridized carbons (Fsp3) is 0.562. The summed E-state index contributed by atoms with van der Waals surface area (Å²) < 4.78 is 5.26. The normalized spacial score (nSPS) is 16.7. The summed E-state index contributed by atoms with van der Waals surface area (Å²) in [5, 5.41) is 0. The highest BCUT2D eigenvalue weighted by Crippen LogP contribution is 2.22. The Morgan fingerprint density at radius 1 is 1.17 bits per heavy atom. The van der Waals surface area contributed by atoms with Gasteiger partial charge in [0.05, 0.1) is 13.0 Å². The molecular formula is C16H27Cl2N3O2. The van der Waals surface area contributed by atoms with Gasteiger partial charge in [-0.3, -0.25) is 4.79 Å². The van der Waals surface area contributed by atoms with E-state index in [4.69, 9.17) is 10.5 Å². The van der Waals surface area contributed by atoms with E-state index in [1.54, 1.807) is 7.11 Å². The van der Waals surface area contributed by atoms with Gasteiger partial charge in [-0.15, -0.1) is 24.8 Å². The van der Waals surface area contributed by atoms with Crippen molar-refractivity contribution in [2.24, 2.45) is 11.7 Å². The number of hydrogen-bond donors (Lipinski definition) is 1. The van der Waals surface area contributed by atoms with Crippen molar-refractivity contribution in [2.45, 2.75) is 19.9 Å². The molecule has 1 saturated heterocycles. The Morgan fingerprint density at radius 2 is 1.78 bits per heavy atom. The Balaban J connectivity index is 0.00000242. The third-order valence-electron chi connectivity index (χ3n) is 4.19. The van der Waals surface area contributed by atoms with Crippen molar-refractivity contribution in [2.75, 3.05) is 38.2 Å². The molecule has 2 atom stereocenters. The fourth-order valence-corrected chi connectivity index (χ4v) is 2.51. The zero-order valence-electron chi connectivity index (χ0n) is 13.9. The van der Waals surface area contributed by atoms with Crippen LogP contribution in [0.1, 0.15) is 13.8 Å². The molecule has 0 saturated carbocycles. The molecule has 1 aromatic carbocycles. The molecule has 0 bridgehead atoms. The number of benzene rings is 1. The molecule has 2 unspecified atom stereocenters. The van der Waals surface area contributed by atoms with Crippen LogP contribution < -0.4 is 15.4 Å². The third-order valence-corrected chi connectivity index (χ3v) is 4.19. The van der Waals surface area contributed by atoms with E-state index in [-0.39, 0.29) is 42.7 Å². The number of carbonyl (C=O) groups excluding carboxylic acids is 1. The summed E-state index contributed by atoms with van der Waals surface area (Å²) in [7, 11) is 1.67. The predicted molar refractivity (Wildman–Crippen MR) is 99.1 cm³/mol. The van der Waals surface area contributed by atoms with Gasteiger partial charge < -0.3 is 20.3 Å². The summed E-state index contributed by atoms with van der Waals surface area (Å²) in [6.07, 6.45) is 0. The van der Waals surface area contributed by atoms with Crippen molar-refractivity contribution >= 4 is 36.4 Å². The van der Waals surface area contributed by atoms with Crippen LogP contribution in [-0.2, 0) is 4.79 Å². The molecule has 1 aliphatic heterocycles. The van der Waals surface area contributed by atoms with E-state index in [2.05, 4.69) is 11.0 Å². The first-order chi connectivity index (χ1) is 10.0. The highest BCUT2D eigenvalue weighted by Gasteiger charge is 2.26. The smallest absolute Gasteiger partial charge is 0.227 e. The van der Waals surface area contributed by atoms with Crippen LogP contribution in [0.4, 0.5) is 5.69 Å².